The molecule has 0 radical (unpaired) electrons. The Kier molecular flexibility index (Phi) is 36.7. The van der Waals surface area contributed by atoms with E-state index in [1.54, 1.807) is 0 Å². The van der Waals surface area contributed by atoms with Gasteiger partial charge in [-0.25, -0.2) is 0 Å². The van der Waals surface area contributed by atoms with Crippen LogP contribution in [0.2, 0.25) is 0 Å². The largest absolute Gasteiger partial charge is 0.387 e. The van der Waals surface area contributed by atoms with Crippen LogP contribution in [0.4, 0.5) is 0 Å². The minimum Gasteiger partial charge on any atom is -0.387 e. The van der Waals surface area contributed by atoms with Gasteiger partial charge in [0.2, 0.25) is 5.91 Å². The minimum absolute atomic E-state index is 0.285. The van der Waals surface area contributed by atoms with Gasteiger partial charge in [-0.15, -0.1) is 0 Å². The lowest BCUT2D eigenvalue weighted by molar-refractivity contribution is -0.122. The molecule has 0 saturated heterocycles. The van der Waals surface area contributed by atoms with E-state index in [-0.39, 0.29) is 5.91 Å². The van der Waals surface area contributed by atoms with Crippen LogP contribution in [0.5, 0.6) is 0 Å². The van der Waals surface area contributed by atoms with Gasteiger partial charge in [0.25, 0.3) is 10.1 Å². The molecule has 2 atom stereocenters. The maximum atomic E-state index is 12.5. The van der Waals surface area contributed by atoms with Gasteiger partial charge in [-0.1, -0.05) is 212 Å². The zero-order chi connectivity index (χ0) is 36.8. The number of nitrogens with one attached hydrogen (secondary N) is 1. The second-order valence-electron chi connectivity index (χ2n) is 15.0. The maximum absolute atomic E-state index is 12.5. The van der Waals surface area contributed by atoms with E-state index in [0.717, 1.165) is 38.5 Å². The van der Waals surface area contributed by atoms with Crippen LogP contribution < -0.4 is 5.32 Å². The molecule has 0 aliphatic carbocycles. The lowest BCUT2D eigenvalue weighted by Crippen LogP contribution is -2.46. The summed E-state index contributed by atoms with van der Waals surface area (Å²) < 4.78 is 32.4. The van der Waals surface area contributed by atoms with Crippen molar-refractivity contribution in [3.63, 3.8) is 0 Å². The molecule has 0 fully saturated rings. The molecule has 0 aliphatic heterocycles. The molecule has 0 aromatic carbocycles. The summed E-state index contributed by atoms with van der Waals surface area (Å²) in [6, 6.07) is -1.07. The number of aliphatic hydroxyl groups excluding tert-OH is 1. The molecule has 0 spiro atoms. The molecule has 0 rings (SSSR count). The molecule has 0 bridgehead atoms. The quantitative estimate of drug-likeness (QED) is 0.0332. The van der Waals surface area contributed by atoms with E-state index >= 15 is 0 Å². The molecule has 0 aromatic rings. The van der Waals surface area contributed by atoms with E-state index in [9.17, 15) is 22.9 Å². The molecule has 6 nitrogen and oxygen atoms in total. The Morgan fingerprint density at radius 1 is 0.520 bits per heavy atom. The van der Waals surface area contributed by atoms with Gasteiger partial charge in [0.05, 0.1) is 17.9 Å². The Hall–Kier alpha value is -1.18. The first-order valence-corrected chi connectivity index (χ1v) is 23.1. The van der Waals surface area contributed by atoms with Crippen molar-refractivity contribution in [2.45, 2.75) is 238 Å². The molecule has 7 heteroatoms. The van der Waals surface area contributed by atoms with Crippen LogP contribution in [0.15, 0.2) is 24.3 Å². The van der Waals surface area contributed by atoms with E-state index in [1.165, 1.54) is 173 Å². The van der Waals surface area contributed by atoms with Gasteiger partial charge in [-0.3, -0.25) is 9.35 Å². The molecule has 296 valence electrons. The average Bonchev–Trinajstić information content (AvgIpc) is 3.08. The number of hydrogen-bond acceptors (Lipinski definition) is 4. The van der Waals surface area contributed by atoms with Crippen LogP contribution in [0, 0.1) is 0 Å². The molecule has 1 amide bonds. The topological polar surface area (TPSA) is 104 Å². The number of amides is 1. The molecular formula is C43H83NO5S. The summed E-state index contributed by atoms with van der Waals surface area (Å²) in [7, 11) is -4.35. The third-order valence-corrected chi connectivity index (χ3v) is 10.7. The predicted octanol–water partition coefficient (Wildman–Crippen LogP) is 12.7. The van der Waals surface area contributed by atoms with Crippen molar-refractivity contribution in [1.29, 1.82) is 0 Å². The van der Waals surface area contributed by atoms with Crippen LogP contribution in [0.25, 0.3) is 0 Å². The van der Waals surface area contributed by atoms with Crippen LogP contribution in [-0.2, 0) is 14.9 Å². The fraction of sp³-hybridized carbons (Fsp3) is 0.884. The second kappa shape index (κ2) is 37.6. The third kappa shape index (κ3) is 38.1. The highest BCUT2D eigenvalue weighted by Gasteiger charge is 2.24. The first kappa shape index (κ1) is 48.8. The fourth-order valence-electron chi connectivity index (χ4n) is 6.64. The van der Waals surface area contributed by atoms with Crippen LogP contribution >= 0.6 is 0 Å². The summed E-state index contributed by atoms with van der Waals surface area (Å²) >= 11 is 0. The van der Waals surface area contributed by atoms with E-state index in [2.05, 4.69) is 31.3 Å². The number of carbonyl (C=O) groups excluding carboxylic acids is 1. The monoisotopic (exact) mass is 726 g/mol. The van der Waals surface area contributed by atoms with Crippen molar-refractivity contribution in [1.82, 2.24) is 5.32 Å². The highest BCUT2D eigenvalue weighted by atomic mass is 32.2. The molecule has 0 heterocycles. The summed E-state index contributed by atoms with van der Waals surface area (Å²) in [5.41, 5.74) is 0. The fourth-order valence-corrected chi connectivity index (χ4v) is 7.38. The first-order valence-electron chi connectivity index (χ1n) is 21.5. The lowest BCUT2D eigenvalue weighted by atomic mass is 10.0. The Balaban J connectivity index is 3.80. The molecule has 0 aromatic heterocycles. The van der Waals surface area contributed by atoms with E-state index in [0.29, 0.717) is 6.42 Å². The van der Waals surface area contributed by atoms with Crippen molar-refractivity contribution in [2.24, 2.45) is 0 Å². The number of carbonyl (C=O) groups is 1. The predicted molar refractivity (Wildman–Crippen MR) is 216 cm³/mol. The standard InChI is InChI=1S/C43H83NO5S/c1-3-5-7-9-11-13-15-17-18-19-20-21-22-23-24-25-26-27-29-31-33-35-37-39-43(46)44-41(40-50(47,48)49)42(45)38-36-34-32-30-28-16-14-12-10-8-6-4-2/h28,30,36,38,41-42,45H,3-27,29,31-35,37,39-40H2,1-2H3,(H,44,46)(H,47,48,49)/b30-28+,38-36+. The molecular weight excluding hydrogens is 643 g/mol. The summed E-state index contributed by atoms with van der Waals surface area (Å²) in [5, 5.41) is 13.2. The van der Waals surface area contributed by atoms with E-state index < -0.39 is 28.0 Å². The van der Waals surface area contributed by atoms with Gasteiger partial charge in [-0.2, -0.15) is 8.42 Å². The molecule has 50 heavy (non-hydrogen) atoms. The Morgan fingerprint density at radius 2 is 0.860 bits per heavy atom. The van der Waals surface area contributed by atoms with Gasteiger partial charge < -0.3 is 10.4 Å². The van der Waals surface area contributed by atoms with Gasteiger partial charge in [-0.05, 0) is 32.1 Å². The van der Waals surface area contributed by atoms with Gasteiger partial charge in [0.15, 0.2) is 0 Å². The average molecular weight is 726 g/mol. The number of hydrogen-bond donors (Lipinski definition) is 3. The Morgan fingerprint density at radius 3 is 1.26 bits per heavy atom. The van der Waals surface area contributed by atoms with Gasteiger partial charge >= 0.3 is 0 Å². The summed E-state index contributed by atoms with van der Waals surface area (Å²) in [5.74, 6) is -0.992. The van der Waals surface area contributed by atoms with Crippen molar-refractivity contribution in [2.75, 3.05) is 5.75 Å². The van der Waals surface area contributed by atoms with Crippen LogP contribution in [0.1, 0.15) is 226 Å². The van der Waals surface area contributed by atoms with Gasteiger partial charge in [0.1, 0.15) is 0 Å². The molecule has 0 aliphatic rings. The highest BCUT2D eigenvalue weighted by Crippen LogP contribution is 2.16. The minimum atomic E-state index is -4.35. The zero-order valence-electron chi connectivity index (χ0n) is 33.0. The van der Waals surface area contributed by atoms with Crippen LogP contribution in [-0.4, -0.2) is 41.9 Å². The van der Waals surface area contributed by atoms with E-state index in [1.807, 2.05) is 6.08 Å². The number of allylic oxidation sites excluding steroid dienone is 3. The van der Waals surface area contributed by atoms with Crippen molar-refractivity contribution in [3.8, 4) is 0 Å². The third-order valence-electron chi connectivity index (χ3n) is 9.88. The van der Waals surface area contributed by atoms with Crippen molar-refractivity contribution < 1.29 is 22.9 Å². The Labute approximate surface area is 311 Å². The molecule has 2 unspecified atom stereocenters. The van der Waals surface area contributed by atoms with Crippen molar-refractivity contribution in [3.05, 3.63) is 24.3 Å². The maximum Gasteiger partial charge on any atom is 0.267 e. The Bertz CT molecular complexity index is 888. The zero-order valence-corrected chi connectivity index (χ0v) is 33.8. The highest BCUT2D eigenvalue weighted by molar-refractivity contribution is 7.85. The number of aliphatic hydroxyl groups is 1. The summed E-state index contributed by atoms with van der Waals surface area (Å²) in [6.45, 7) is 4.51. The molecule has 3 N–H and O–H groups in total. The first-order chi connectivity index (χ1) is 24.3. The molecule has 0 saturated carbocycles. The van der Waals surface area contributed by atoms with E-state index in [4.69, 9.17) is 0 Å². The number of unbranched alkanes of at least 4 members (excludes halogenated alkanes) is 29. The lowest BCUT2D eigenvalue weighted by Gasteiger charge is -2.21. The number of rotatable bonds is 39. The smallest absolute Gasteiger partial charge is 0.267 e. The van der Waals surface area contributed by atoms with Crippen LogP contribution in [0.3, 0.4) is 0 Å². The summed E-state index contributed by atoms with van der Waals surface area (Å²) in [6.07, 6.45) is 47.5. The SMILES string of the molecule is CCCCCCCC/C=C/CC/C=C/C(O)C(CS(=O)(=O)O)NC(=O)CCCCCCCCCCCCCCCCCCCCCCCCC. The summed E-state index contributed by atoms with van der Waals surface area (Å²) in [4.78, 5) is 12.5. The normalized spacial score (nSPS) is 13.4. The van der Waals surface area contributed by atoms with Crippen molar-refractivity contribution >= 4 is 16.0 Å². The second-order valence-corrected chi connectivity index (χ2v) is 16.5. The van der Waals surface area contributed by atoms with Gasteiger partial charge in [0, 0.05) is 6.42 Å².